The van der Waals surface area contributed by atoms with E-state index >= 15 is 0 Å². The Balaban J connectivity index is 1.90. The van der Waals surface area contributed by atoms with Crippen LogP contribution in [-0.2, 0) is 11.3 Å². The van der Waals surface area contributed by atoms with E-state index in [9.17, 15) is 0 Å². The van der Waals surface area contributed by atoms with Gasteiger partial charge in [-0.3, -0.25) is 0 Å². The van der Waals surface area contributed by atoms with Crippen molar-refractivity contribution in [1.82, 2.24) is 9.55 Å². The zero-order valence-electron chi connectivity index (χ0n) is 9.38. The van der Waals surface area contributed by atoms with Crippen molar-refractivity contribution in [1.29, 1.82) is 0 Å². The van der Waals surface area contributed by atoms with Crippen LogP contribution >= 0.6 is 0 Å². The molecule has 0 bridgehead atoms. The fourth-order valence-electron chi connectivity index (χ4n) is 2.08. The quantitative estimate of drug-likeness (QED) is 0.763. The molecule has 0 saturated carbocycles. The molecular formula is C11H19N3O2. The minimum absolute atomic E-state index is 0.0500. The summed E-state index contributed by atoms with van der Waals surface area (Å²) in [4.78, 5) is 4.07. The van der Waals surface area contributed by atoms with Gasteiger partial charge in [-0.2, -0.15) is 0 Å². The summed E-state index contributed by atoms with van der Waals surface area (Å²) in [5.41, 5.74) is 6.67. The van der Waals surface area contributed by atoms with Gasteiger partial charge in [0.15, 0.2) is 0 Å². The molecule has 1 aliphatic rings. The number of nitrogens with zero attached hydrogens (tertiary/aromatic N) is 2. The summed E-state index contributed by atoms with van der Waals surface area (Å²) in [5.74, 6) is 0. The van der Waals surface area contributed by atoms with Gasteiger partial charge >= 0.3 is 0 Å². The first-order chi connectivity index (χ1) is 7.81. The summed E-state index contributed by atoms with van der Waals surface area (Å²) in [6, 6.07) is -0.341. The molecule has 1 fully saturated rings. The van der Waals surface area contributed by atoms with Crippen molar-refractivity contribution in [2.45, 2.75) is 38.0 Å². The Morgan fingerprint density at radius 2 is 2.56 bits per heavy atom. The van der Waals surface area contributed by atoms with Crippen molar-refractivity contribution in [3.05, 3.63) is 18.2 Å². The molecule has 0 aromatic carbocycles. The molecule has 3 N–H and O–H groups in total. The fraction of sp³-hybridized carbons (Fsp3) is 0.727. The first kappa shape index (κ1) is 11.6. The molecule has 5 nitrogen and oxygen atoms in total. The highest BCUT2D eigenvalue weighted by Gasteiger charge is 2.16. The van der Waals surface area contributed by atoms with Gasteiger partial charge in [-0.1, -0.05) is 0 Å². The summed E-state index contributed by atoms with van der Waals surface area (Å²) >= 11 is 0. The first-order valence-electron chi connectivity index (χ1n) is 5.79. The van der Waals surface area contributed by atoms with Crippen LogP contribution in [0.3, 0.4) is 0 Å². The Morgan fingerprint density at radius 3 is 3.25 bits per heavy atom. The lowest BCUT2D eigenvalue weighted by molar-refractivity contribution is 0.1000. The molecule has 2 unspecified atom stereocenters. The lowest BCUT2D eigenvalue weighted by atomic mass is 10.2. The number of nitrogens with two attached hydrogens (primary N) is 1. The number of aliphatic hydroxyl groups is 1. The van der Waals surface area contributed by atoms with Crippen LogP contribution in [0.5, 0.6) is 0 Å². The molecule has 1 saturated heterocycles. The van der Waals surface area contributed by atoms with E-state index in [4.69, 9.17) is 15.6 Å². The predicted octanol–water partition coefficient (Wildman–Crippen LogP) is 0.444. The Hall–Kier alpha value is -0.910. The van der Waals surface area contributed by atoms with Crippen molar-refractivity contribution in [2.75, 3.05) is 13.2 Å². The molecule has 2 heterocycles. The van der Waals surface area contributed by atoms with E-state index in [1.807, 2.05) is 4.57 Å². The number of imidazole rings is 1. The van der Waals surface area contributed by atoms with E-state index in [1.54, 1.807) is 12.5 Å². The van der Waals surface area contributed by atoms with Gasteiger partial charge in [0.2, 0.25) is 0 Å². The molecule has 90 valence electrons. The molecule has 1 aliphatic heterocycles. The number of ether oxygens (including phenoxy) is 1. The minimum Gasteiger partial charge on any atom is -0.394 e. The second-order valence-corrected chi connectivity index (χ2v) is 4.22. The highest BCUT2D eigenvalue weighted by molar-refractivity contribution is 5.04. The summed E-state index contributed by atoms with van der Waals surface area (Å²) in [5, 5.41) is 9.02. The van der Waals surface area contributed by atoms with E-state index < -0.39 is 0 Å². The summed E-state index contributed by atoms with van der Waals surface area (Å²) < 4.78 is 7.57. The molecule has 1 aromatic heterocycles. The number of hydrogen-bond acceptors (Lipinski definition) is 4. The van der Waals surface area contributed by atoms with Gasteiger partial charge in [-0.15, -0.1) is 0 Å². The molecule has 0 amide bonds. The van der Waals surface area contributed by atoms with Crippen molar-refractivity contribution >= 4 is 0 Å². The molecule has 0 radical (unpaired) electrons. The smallest absolute Gasteiger partial charge is 0.0948 e. The van der Waals surface area contributed by atoms with Gasteiger partial charge in [0, 0.05) is 19.3 Å². The topological polar surface area (TPSA) is 73.3 Å². The van der Waals surface area contributed by atoms with Gasteiger partial charge in [-0.05, 0) is 19.3 Å². The van der Waals surface area contributed by atoms with Crippen molar-refractivity contribution in [3.8, 4) is 0 Å². The Morgan fingerprint density at radius 1 is 1.69 bits per heavy atom. The van der Waals surface area contributed by atoms with Gasteiger partial charge in [0.05, 0.1) is 30.8 Å². The van der Waals surface area contributed by atoms with Crippen LogP contribution < -0.4 is 5.73 Å². The van der Waals surface area contributed by atoms with Crippen LogP contribution in [0.15, 0.2) is 12.5 Å². The van der Waals surface area contributed by atoms with Crippen molar-refractivity contribution in [3.63, 3.8) is 0 Å². The Bertz CT molecular complexity index is 321. The summed E-state index contributed by atoms with van der Waals surface area (Å²) in [7, 11) is 0. The van der Waals surface area contributed by atoms with Crippen LogP contribution in [0.1, 0.15) is 31.0 Å². The predicted molar refractivity (Wildman–Crippen MR) is 59.8 cm³/mol. The number of rotatable bonds is 5. The van der Waals surface area contributed by atoms with Crippen LogP contribution in [0.2, 0.25) is 0 Å². The Kier molecular flexibility index (Phi) is 3.93. The highest BCUT2D eigenvalue weighted by Crippen LogP contribution is 2.17. The first-order valence-corrected chi connectivity index (χ1v) is 5.79. The largest absolute Gasteiger partial charge is 0.394 e. The summed E-state index contributed by atoms with van der Waals surface area (Å²) in [6.07, 6.45) is 7.16. The normalized spacial score (nSPS) is 22.5. The second-order valence-electron chi connectivity index (χ2n) is 4.22. The lowest BCUT2D eigenvalue weighted by Crippen LogP contribution is -2.20. The number of aryl methyl sites for hydroxylation is 1. The number of aromatic nitrogens is 2. The average Bonchev–Trinajstić information content (AvgIpc) is 2.96. The second kappa shape index (κ2) is 5.43. The maximum Gasteiger partial charge on any atom is 0.0948 e. The van der Waals surface area contributed by atoms with Crippen LogP contribution in [0.25, 0.3) is 0 Å². The zero-order chi connectivity index (χ0) is 11.4. The third-order valence-electron chi connectivity index (χ3n) is 3.04. The monoisotopic (exact) mass is 225 g/mol. The van der Waals surface area contributed by atoms with Gasteiger partial charge in [0.1, 0.15) is 0 Å². The third-order valence-corrected chi connectivity index (χ3v) is 3.04. The van der Waals surface area contributed by atoms with Crippen LogP contribution in [-0.4, -0.2) is 34.0 Å². The van der Waals surface area contributed by atoms with Crippen LogP contribution in [0, 0.1) is 0 Å². The fourth-order valence-corrected chi connectivity index (χ4v) is 2.08. The molecule has 2 atom stereocenters. The van der Waals surface area contributed by atoms with E-state index in [2.05, 4.69) is 4.98 Å². The van der Waals surface area contributed by atoms with Crippen LogP contribution in [0.4, 0.5) is 0 Å². The average molecular weight is 225 g/mol. The highest BCUT2D eigenvalue weighted by atomic mass is 16.5. The number of hydrogen-bond donors (Lipinski definition) is 2. The van der Waals surface area contributed by atoms with E-state index in [0.717, 1.165) is 38.1 Å². The molecule has 16 heavy (non-hydrogen) atoms. The van der Waals surface area contributed by atoms with E-state index in [0.29, 0.717) is 6.10 Å². The van der Waals surface area contributed by atoms with E-state index in [-0.39, 0.29) is 12.6 Å². The van der Waals surface area contributed by atoms with E-state index in [1.165, 1.54) is 0 Å². The van der Waals surface area contributed by atoms with Gasteiger partial charge in [0.25, 0.3) is 0 Å². The molecule has 1 aromatic rings. The molecule has 0 aliphatic carbocycles. The lowest BCUT2D eigenvalue weighted by Gasteiger charge is -2.14. The van der Waals surface area contributed by atoms with Gasteiger partial charge < -0.3 is 20.1 Å². The van der Waals surface area contributed by atoms with Gasteiger partial charge in [-0.25, -0.2) is 4.98 Å². The molecule has 0 spiro atoms. The SMILES string of the molecule is NC(CO)c1cncn1CCC1CCCO1. The third kappa shape index (κ3) is 2.61. The maximum atomic E-state index is 9.02. The molecule has 5 heteroatoms. The summed E-state index contributed by atoms with van der Waals surface area (Å²) in [6.45, 7) is 1.69. The maximum absolute atomic E-state index is 9.02. The van der Waals surface area contributed by atoms with Crippen molar-refractivity contribution < 1.29 is 9.84 Å². The Labute approximate surface area is 95.2 Å². The number of aliphatic hydroxyl groups excluding tert-OH is 1. The standard InChI is InChI=1S/C11H19N3O2/c12-10(7-15)11-6-13-8-14(11)4-3-9-2-1-5-16-9/h6,8-10,15H,1-5,7,12H2. The van der Waals surface area contributed by atoms with Crippen molar-refractivity contribution in [2.24, 2.45) is 5.73 Å². The molecule has 2 rings (SSSR count). The molecular weight excluding hydrogens is 206 g/mol. The minimum atomic E-state index is -0.341. The zero-order valence-corrected chi connectivity index (χ0v) is 9.38.